The Morgan fingerprint density at radius 3 is 2.72 bits per heavy atom. The summed E-state index contributed by atoms with van der Waals surface area (Å²) in [5, 5.41) is 1.44. The van der Waals surface area contributed by atoms with Crippen molar-refractivity contribution >= 4 is 22.4 Å². The van der Waals surface area contributed by atoms with Crippen LogP contribution in [0.4, 0.5) is 14.5 Å². The van der Waals surface area contributed by atoms with Gasteiger partial charge in [0.05, 0.1) is 30.5 Å². The Bertz CT molecular complexity index is 759. The summed E-state index contributed by atoms with van der Waals surface area (Å²) in [4.78, 5) is 19.5. The molecule has 0 radical (unpaired) electrons. The van der Waals surface area contributed by atoms with Crippen LogP contribution in [-0.2, 0) is 10.8 Å². The van der Waals surface area contributed by atoms with Crippen LogP contribution in [0, 0.1) is 5.92 Å². The molecule has 0 spiro atoms. The van der Waals surface area contributed by atoms with Gasteiger partial charge in [-0.3, -0.25) is 9.00 Å². The number of amides is 1. The molecule has 2 aliphatic heterocycles. The molecule has 25 heavy (non-hydrogen) atoms. The lowest BCUT2D eigenvalue weighted by Gasteiger charge is -2.40. The van der Waals surface area contributed by atoms with Gasteiger partial charge in [-0.25, -0.2) is 13.8 Å². The molecule has 9 heteroatoms. The molecule has 1 aliphatic carbocycles. The summed E-state index contributed by atoms with van der Waals surface area (Å²) in [7, 11) is -1.19. The van der Waals surface area contributed by atoms with Crippen molar-refractivity contribution in [3.8, 4) is 5.88 Å². The molecule has 3 heterocycles. The summed E-state index contributed by atoms with van der Waals surface area (Å²) in [5.41, 5.74) is 0.619. The summed E-state index contributed by atoms with van der Waals surface area (Å²) in [6.45, 7) is -0.291. The first-order valence-electron chi connectivity index (χ1n) is 8.04. The van der Waals surface area contributed by atoms with E-state index in [1.54, 1.807) is 6.07 Å². The molecule has 3 aliphatic rings. The number of ether oxygens (including phenoxy) is 1. The summed E-state index contributed by atoms with van der Waals surface area (Å²) < 4.78 is 43.5. The second-order valence-electron chi connectivity index (χ2n) is 6.56. The number of carbonyl (C=O) groups excluding carboxylic acids is 1. The molecular weight excluding hydrogens is 352 g/mol. The van der Waals surface area contributed by atoms with Crippen molar-refractivity contribution in [3.63, 3.8) is 0 Å². The first-order chi connectivity index (χ1) is 11.9. The lowest BCUT2D eigenvalue weighted by atomic mass is 10.1. The van der Waals surface area contributed by atoms with Gasteiger partial charge in [-0.05, 0) is 30.9 Å². The topological polar surface area (TPSA) is 62.7 Å². The molecular formula is C16H17F2N3O3S. The molecule has 1 aromatic rings. The Morgan fingerprint density at radius 2 is 2.12 bits per heavy atom. The molecule has 0 N–H and O–H groups in total. The zero-order chi connectivity index (χ0) is 17.6. The minimum Gasteiger partial charge on any atom is -0.476 e. The normalized spacial score (nSPS) is 24.3. The molecule has 0 bridgehead atoms. The van der Waals surface area contributed by atoms with Crippen molar-refractivity contribution in [1.82, 2.24) is 9.88 Å². The number of anilines is 1. The molecule has 1 unspecified atom stereocenters. The van der Waals surface area contributed by atoms with Gasteiger partial charge in [0.15, 0.2) is 0 Å². The van der Waals surface area contributed by atoms with Gasteiger partial charge in [-0.2, -0.15) is 0 Å². The number of nitrogens with zero attached hydrogens (tertiary/aromatic N) is 3. The van der Waals surface area contributed by atoms with Gasteiger partial charge < -0.3 is 14.5 Å². The number of halogens is 2. The number of pyridine rings is 1. The maximum Gasteiger partial charge on any atom is 0.282 e. The first kappa shape index (κ1) is 16.4. The molecule has 2 fully saturated rings. The van der Waals surface area contributed by atoms with Crippen molar-refractivity contribution in [2.45, 2.75) is 18.8 Å². The second kappa shape index (κ2) is 6.05. The minimum absolute atomic E-state index is 0.0961. The number of carbonyl (C=O) groups is 1. The second-order valence-corrected chi connectivity index (χ2v) is 7.85. The first-order valence-corrected chi connectivity index (χ1v) is 9.43. The largest absolute Gasteiger partial charge is 0.476 e. The molecule has 0 aromatic carbocycles. The summed E-state index contributed by atoms with van der Waals surface area (Å²) in [6.07, 6.45) is 3.63. The van der Waals surface area contributed by atoms with E-state index < -0.39 is 16.7 Å². The fraction of sp³-hybridized carbons (Fsp3) is 0.500. The number of aromatic nitrogens is 1. The van der Waals surface area contributed by atoms with Crippen LogP contribution >= 0.6 is 0 Å². The van der Waals surface area contributed by atoms with Gasteiger partial charge in [0.1, 0.15) is 17.3 Å². The third kappa shape index (κ3) is 3.51. The molecule has 4 rings (SSSR count). The van der Waals surface area contributed by atoms with Gasteiger partial charge in [-0.1, -0.05) is 0 Å². The van der Waals surface area contributed by atoms with Gasteiger partial charge in [0.2, 0.25) is 5.88 Å². The third-order valence-corrected chi connectivity index (χ3v) is 5.27. The van der Waals surface area contributed by atoms with Gasteiger partial charge in [-0.15, -0.1) is 0 Å². The van der Waals surface area contributed by atoms with E-state index in [1.807, 2.05) is 0 Å². The number of rotatable bonds is 5. The third-order valence-electron chi connectivity index (χ3n) is 4.32. The van der Waals surface area contributed by atoms with E-state index in [1.165, 1.54) is 27.5 Å². The minimum atomic E-state index is -2.70. The smallest absolute Gasteiger partial charge is 0.282 e. The van der Waals surface area contributed by atoms with E-state index in [0.29, 0.717) is 18.2 Å². The molecule has 1 saturated carbocycles. The molecule has 6 nitrogen and oxygen atoms in total. The lowest BCUT2D eigenvalue weighted by molar-refractivity contribution is -0.0265. The Kier molecular flexibility index (Phi) is 3.98. The zero-order valence-electron chi connectivity index (χ0n) is 13.4. The standard InChI is InChI=1S/C16H17F2N3O3S/c17-16(18)8-21(9-16)13-4-3-12(15(22)20-5-6-25(23)10-20)19-14(13)24-7-11-1-2-11/h3-6,11H,1-2,7-10H2. The average Bonchev–Trinajstić information content (AvgIpc) is 3.29. The van der Waals surface area contributed by atoms with E-state index in [-0.39, 0.29) is 36.4 Å². The van der Waals surface area contributed by atoms with Crippen LogP contribution in [-0.4, -0.2) is 51.5 Å². The maximum absolute atomic E-state index is 13.2. The van der Waals surface area contributed by atoms with Crippen LogP contribution in [0.5, 0.6) is 5.88 Å². The van der Waals surface area contributed by atoms with Gasteiger partial charge >= 0.3 is 0 Å². The SMILES string of the molecule is O=C(c1ccc(N2CC(F)(F)C2)c(OCC2CC2)n1)N1C=CS(=O)C1. The Morgan fingerprint density at radius 1 is 1.36 bits per heavy atom. The molecule has 1 saturated heterocycles. The highest BCUT2D eigenvalue weighted by Gasteiger charge is 2.45. The van der Waals surface area contributed by atoms with Crippen LogP contribution in [0.2, 0.25) is 0 Å². The molecule has 1 aromatic heterocycles. The van der Waals surface area contributed by atoms with Crippen LogP contribution in [0.15, 0.2) is 23.7 Å². The molecule has 1 atom stereocenters. The predicted molar refractivity (Wildman–Crippen MR) is 87.9 cm³/mol. The lowest BCUT2D eigenvalue weighted by Crippen LogP contribution is -2.56. The van der Waals surface area contributed by atoms with E-state index in [2.05, 4.69) is 4.98 Å². The quantitative estimate of drug-likeness (QED) is 0.794. The number of alkyl halides is 2. The van der Waals surface area contributed by atoms with Crippen molar-refractivity contribution < 1.29 is 22.5 Å². The zero-order valence-corrected chi connectivity index (χ0v) is 14.2. The van der Waals surface area contributed by atoms with Crippen molar-refractivity contribution in [2.24, 2.45) is 5.92 Å². The van der Waals surface area contributed by atoms with Crippen molar-refractivity contribution in [1.29, 1.82) is 0 Å². The van der Waals surface area contributed by atoms with E-state index in [4.69, 9.17) is 4.74 Å². The fourth-order valence-electron chi connectivity index (χ4n) is 2.70. The fourth-order valence-corrected chi connectivity index (χ4v) is 3.55. The van der Waals surface area contributed by atoms with E-state index in [0.717, 1.165) is 12.8 Å². The highest BCUT2D eigenvalue weighted by molar-refractivity contribution is 7.88. The van der Waals surface area contributed by atoms with Gasteiger partial charge in [0, 0.05) is 11.6 Å². The van der Waals surface area contributed by atoms with Crippen LogP contribution < -0.4 is 9.64 Å². The maximum atomic E-state index is 13.2. The van der Waals surface area contributed by atoms with Crippen molar-refractivity contribution in [3.05, 3.63) is 29.4 Å². The monoisotopic (exact) mass is 369 g/mol. The highest BCUT2D eigenvalue weighted by Crippen LogP contribution is 2.38. The van der Waals surface area contributed by atoms with E-state index in [9.17, 15) is 17.8 Å². The Labute approximate surface area is 145 Å². The number of hydrogen-bond donors (Lipinski definition) is 0. The van der Waals surface area contributed by atoms with Crippen LogP contribution in [0.25, 0.3) is 0 Å². The Hall–Kier alpha value is -2.03. The molecule has 134 valence electrons. The summed E-state index contributed by atoms with van der Waals surface area (Å²) in [5.74, 6) is -2.32. The Balaban J connectivity index is 1.56. The summed E-state index contributed by atoms with van der Waals surface area (Å²) >= 11 is 0. The summed E-state index contributed by atoms with van der Waals surface area (Å²) in [6, 6.07) is 3.08. The number of hydrogen-bond acceptors (Lipinski definition) is 5. The van der Waals surface area contributed by atoms with Crippen LogP contribution in [0.3, 0.4) is 0 Å². The highest BCUT2D eigenvalue weighted by atomic mass is 32.2. The predicted octanol–water partition coefficient (Wildman–Crippen LogP) is 1.96. The van der Waals surface area contributed by atoms with Gasteiger partial charge in [0.25, 0.3) is 11.8 Å². The van der Waals surface area contributed by atoms with Crippen molar-refractivity contribution in [2.75, 3.05) is 30.5 Å². The average molecular weight is 369 g/mol. The van der Waals surface area contributed by atoms with Crippen LogP contribution in [0.1, 0.15) is 23.3 Å². The molecule has 1 amide bonds. The van der Waals surface area contributed by atoms with E-state index >= 15 is 0 Å².